The highest BCUT2D eigenvalue weighted by Gasteiger charge is 2.36. The van der Waals surface area contributed by atoms with Gasteiger partial charge in [0.25, 0.3) is 0 Å². The fourth-order valence-electron chi connectivity index (χ4n) is 2.12. The van der Waals surface area contributed by atoms with E-state index < -0.39 is 5.97 Å². The second kappa shape index (κ2) is 6.07. The van der Waals surface area contributed by atoms with E-state index in [0.29, 0.717) is 5.92 Å². The first-order valence-corrected chi connectivity index (χ1v) is 6.58. The smallest absolute Gasteiger partial charge is 0.323 e. The Balaban J connectivity index is 2.61. The molecule has 1 aliphatic carbocycles. The highest BCUT2D eigenvalue weighted by Crippen LogP contribution is 2.28. The Hall–Kier alpha value is -1.26. The van der Waals surface area contributed by atoms with Crippen LogP contribution < -0.4 is 0 Å². The fraction of sp³-hybridized carbons (Fsp3) is 0.846. The molecular formula is C13H24N2O3. The molecule has 1 rings (SSSR count). The van der Waals surface area contributed by atoms with Crippen molar-refractivity contribution in [1.29, 1.82) is 0 Å². The third kappa shape index (κ3) is 4.20. The van der Waals surface area contributed by atoms with E-state index in [2.05, 4.69) is 13.8 Å². The maximum absolute atomic E-state index is 12.3. The van der Waals surface area contributed by atoms with Gasteiger partial charge in [-0.05, 0) is 32.1 Å². The topological polar surface area (TPSA) is 60.9 Å². The normalized spacial score (nSPS) is 16.5. The summed E-state index contributed by atoms with van der Waals surface area (Å²) in [5.74, 6) is -0.427. The zero-order chi connectivity index (χ0) is 13.9. The van der Waals surface area contributed by atoms with Crippen molar-refractivity contribution in [1.82, 2.24) is 9.80 Å². The van der Waals surface area contributed by atoms with Gasteiger partial charge in [-0.1, -0.05) is 13.8 Å². The van der Waals surface area contributed by atoms with Gasteiger partial charge in [0.2, 0.25) is 0 Å². The van der Waals surface area contributed by atoms with Crippen LogP contribution in [0.1, 0.15) is 40.0 Å². The van der Waals surface area contributed by atoms with Gasteiger partial charge >= 0.3 is 12.0 Å². The quantitative estimate of drug-likeness (QED) is 0.791. The Morgan fingerprint density at radius 2 is 1.83 bits per heavy atom. The number of hydrogen-bond acceptors (Lipinski definition) is 2. The monoisotopic (exact) mass is 256 g/mol. The van der Waals surface area contributed by atoms with E-state index in [-0.39, 0.29) is 24.7 Å². The van der Waals surface area contributed by atoms with Gasteiger partial charge in [0, 0.05) is 19.1 Å². The Morgan fingerprint density at radius 1 is 1.28 bits per heavy atom. The lowest BCUT2D eigenvalue weighted by Gasteiger charge is -2.32. The molecule has 0 bridgehead atoms. The SMILES string of the molecule is CC(C)CC(C)N(C)C(=O)N(CC(=O)O)C1CC1. The highest BCUT2D eigenvalue weighted by molar-refractivity contribution is 5.80. The molecule has 0 aliphatic heterocycles. The summed E-state index contributed by atoms with van der Waals surface area (Å²) < 4.78 is 0. The van der Waals surface area contributed by atoms with Crippen molar-refractivity contribution < 1.29 is 14.7 Å². The molecule has 1 aliphatic rings. The summed E-state index contributed by atoms with van der Waals surface area (Å²) >= 11 is 0. The van der Waals surface area contributed by atoms with Gasteiger partial charge in [-0.15, -0.1) is 0 Å². The largest absolute Gasteiger partial charge is 0.480 e. The van der Waals surface area contributed by atoms with Crippen LogP contribution in [0.3, 0.4) is 0 Å². The Bertz CT molecular complexity index is 313. The Morgan fingerprint density at radius 3 is 2.22 bits per heavy atom. The molecule has 1 unspecified atom stereocenters. The Kier molecular flexibility index (Phi) is 4.99. The maximum atomic E-state index is 12.3. The number of rotatable bonds is 6. The first-order chi connectivity index (χ1) is 8.32. The van der Waals surface area contributed by atoms with Crippen molar-refractivity contribution >= 4 is 12.0 Å². The molecule has 0 spiro atoms. The van der Waals surface area contributed by atoms with Crippen LogP contribution in [0.4, 0.5) is 4.79 Å². The lowest BCUT2D eigenvalue weighted by Crippen LogP contribution is -2.48. The third-order valence-electron chi connectivity index (χ3n) is 3.31. The van der Waals surface area contributed by atoms with Crippen LogP contribution in [0.2, 0.25) is 0 Å². The second-order valence-corrected chi connectivity index (χ2v) is 5.62. The number of hydrogen-bond donors (Lipinski definition) is 1. The fourth-order valence-corrected chi connectivity index (χ4v) is 2.12. The second-order valence-electron chi connectivity index (χ2n) is 5.62. The molecule has 104 valence electrons. The van der Waals surface area contributed by atoms with Gasteiger partial charge in [0.05, 0.1) is 0 Å². The number of carboxylic acid groups (broad SMARTS) is 1. The molecule has 5 heteroatoms. The molecule has 0 aromatic rings. The van der Waals surface area contributed by atoms with E-state index in [9.17, 15) is 9.59 Å². The predicted molar refractivity (Wildman–Crippen MR) is 69.4 cm³/mol. The van der Waals surface area contributed by atoms with Crippen LogP contribution in [0.25, 0.3) is 0 Å². The molecule has 0 radical (unpaired) electrons. The minimum atomic E-state index is -0.944. The molecule has 1 saturated carbocycles. The van der Waals surface area contributed by atoms with Crippen molar-refractivity contribution in [3.8, 4) is 0 Å². The molecule has 1 N–H and O–H groups in total. The van der Waals surface area contributed by atoms with Gasteiger partial charge in [0.15, 0.2) is 0 Å². The number of urea groups is 1. The zero-order valence-corrected chi connectivity index (χ0v) is 11.7. The summed E-state index contributed by atoms with van der Waals surface area (Å²) in [6.45, 7) is 6.04. The number of carboxylic acids is 1. The standard InChI is InChI=1S/C13H24N2O3/c1-9(2)7-10(3)14(4)13(18)15(8-12(16)17)11-5-6-11/h9-11H,5-8H2,1-4H3,(H,16,17). The van der Waals surface area contributed by atoms with Crippen molar-refractivity contribution in [3.05, 3.63) is 0 Å². The number of amides is 2. The van der Waals surface area contributed by atoms with Gasteiger partial charge in [-0.25, -0.2) is 4.79 Å². The Labute approximate surface area is 109 Å². The first-order valence-electron chi connectivity index (χ1n) is 6.58. The van der Waals surface area contributed by atoms with E-state index >= 15 is 0 Å². The first kappa shape index (κ1) is 14.8. The van der Waals surface area contributed by atoms with E-state index in [0.717, 1.165) is 19.3 Å². The summed E-state index contributed by atoms with van der Waals surface area (Å²) in [6, 6.07) is 0.0999. The summed E-state index contributed by atoms with van der Waals surface area (Å²) in [6.07, 6.45) is 2.77. The minimum absolute atomic E-state index is 0.127. The molecule has 1 atom stereocenters. The van der Waals surface area contributed by atoms with Gasteiger partial charge in [-0.2, -0.15) is 0 Å². The van der Waals surface area contributed by atoms with Crippen LogP contribution in [-0.2, 0) is 4.79 Å². The number of carbonyl (C=O) groups is 2. The van der Waals surface area contributed by atoms with Gasteiger partial charge in [-0.3, -0.25) is 4.79 Å². The summed E-state index contributed by atoms with van der Waals surface area (Å²) in [7, 11) is 1.76. The maximum Gasteiger partial charge on any atom is 0.323 e. The van der Waals surface area contributed by atoms with E-state index in [1.807, 2.05) is 6.92 Å². The molecule has 0 aromatic heterocycles. The van der Waals surface area contributed by atoms with Crippen molar-refractivity contribution in [3.63, 3.8) is 0 Å². The average molecular weight is 256 g/mol. The molecule has 0 aromatic carbocycles. The average Bonchev–Trinajstić information content (AvgIpc) is 3.06. The van der Waals surface area contributed by atoms with E-state index in [1.165, 1.54) is 4.90 Å². The lowest BCUT2D eigenvalue weighted by atomic mass is 10.0. The van der Waals surface area contributed by atoms with E-state index in [4.69, 9.17) is 5.11 Å². The van der Waals surface area contributed by atoms with Gasteiger partial charge < -0.3 is 14.9 Å². The van der Waals surface area contributed by atoms with Crippen molar-refractivity contribution in [2.45, 2.75) is 52.1 Å². The molecule has 5 nitrogen and oxygen atoms in total. The lowest BCUT2D eigenvalue weighted by molar-refractivity contribution is -0.137. The molecular weight excluding hydrogens is 232 g/mol. The number of nitrogens with zero attached hydrogens (tertiary/aromatic N) is 2. The summed E-state index contributed by atoms with van der Waals surface area (Å²) in [4.78, 5) is 26.2. The van der Waals surface area contributed by atoms with Crippen LogP contribution in [0, 0.1) is 5.92 Å². The summed E-state index contributed by atoms with van der Waals surface area (Å²) in [5, 5.41) is 8.86. The molecule has 1 fully saturated rings. The van der Waals surface area contributed by atoms with Crippen molar-refractivity contribution in [2.75, 3.05) is 13.6 Å². The number of aliphatic carboxylic acids is 1. The summed E-state index contributed by atoms with van der Waals surface area (Å²) in [5.41, 5.74) is 0. The van der Waals surface area contributed by atoms with Crippen LogP contribution >= 0.6 is 0 Å². The van der Waals surface area contributed by atoms with Crippen LogP contribution in [0.5, 0.6) is 0 Å². The van der Waals surface area contributed by atoms with E-state index in [1.54, 1.807) is 11.9 Å². The third-order valence-corrected chi connectivity index (χ3v) is 3.31. The molecule has 18 heavy (non-hydrogen) atoms. The molecule has 2 amide bonds. The van der Waals surface area contributed by atoms with Crippen LogP contribution in [-0.4, -0.2) is 52.6 Å². The van der Waals surface area contributed by atoms with Gasteiger partial charge in [0.1, 0.15) is 6.54 Å². The minimum Gasteiger partial charge on any atom is -0.480 e. The highest BCUT2D eigenvalue weighted by atomic mass is 16.4. The van der Waals surface area contributed by atoms with Crippen molar-refractivity contribution in [2.24, 2.45) is 5.92 Å². The molecule has 0 heterocycles. The van der Waals surface area contributed by atoms with Crippen LogP contribution in [0.15, 0.2) is 0 Å². The zero-order valence-electron chi connectivity index (χ0n) is 11.7. The molecule has 0 saturated heterocycles. The number of carbonyl (C=O) groups excluding carboxylic acids is 1. The predicted octanol–water partition coefficient (Wildman–Crippen LogP) is 2.02.